The second kappa shape index (κ2) is 49.2. The Hall–Kier alpha value is -0.830. The molecule has 0 heterocycles. The van der Waals surface area contributed by atoms with Crippen molar-refractivity contribution < 1.29 is 14.6 Å². The van der Waals surface area contributed by atoms with Gasteiger partial charge in [0.15, 0.2) is 0 Å². The third kappa shape index (κ3) is 49.2. The van der Waals surface area contributed by atoms with Gasteiger partial charge in [-0.15, -0.1) is 0 Å². The lowest BCUT2D eigenvalue weighted by atomic mass is 10.0. The lowest BCUT2D eigenvalue weighted by molar-refractivity contribution is -0.143. The Morgan fingerprint density at radius 3 is 0.943 bits per heavy atom. The highest BCUT2D eigenvalue weighted by Gasteiger charge is 2.03. The highest BCUT2D eigenvalue weighted by atomic mass is 16.5. The van der Waals surface area contributed by atoms with Crippen molar-refractivity contribution in [2.24, 2.45) is 0 Å². The molecular weight excluding hydrogens is 649 g/mol. The second-order valence-electron chi connectivity index (χ2n) is 16.9. The summed E-state index contributed by atoms with van der Waals surface area (Å²) in [6, 6.07) is 0. The van der Waals surface area contributed by atoms with Gasteiger partial charge in [-0.05, 0) is 44.9 Å². The molecule has 0 atom stereocenters. The van der Waals surface area contributed by atoms with E-state index >= 15 is 0 Å². The average Bonchev–Trinajstić information content (AvgIpc) is 3.16. The molecule has 0 radical (unpaired) electrons. The minimum absolute atomic E-state index is 0.0182. The molecule has 0 amide bonds. The predicted octanol–water partition coefficient (Wildman–Crippen LogP) is 17.3. The van der Waals surface area contributed by atoms with Crippen molar-refractivity contribution >= 4 is 5.97 Å². The molecule has 0 aromatic carbocycles. The van der Waals surface area contributed by atoms with Crippen LogP contribution in [-0.2, 0) is 9.53 Å². The maximum Gasteiger partial charge on any atom is 0.305 e. The summed E-state index contributed by atoms with van der Waals surface area (Å²) >= 11 is 0. The zero-order valence-electron chi connectivity index (χ0n) is 36.4. The van der Waals surface area contributed by atoms with Crippen LogP contribution < -0.4 is 0 Å². The number of carbonyl (C=O) groups excluding carboxylic acids is 1. The number of ether oxygens (including phenoxy) is 1. The monoisotopic (exact) mass is 747 g/mol. The Morgan fingerprint density at radius 1 is 0.358 bits per heavy atom. The number of allylic oxidation sites excluding steroid dienone is 2. The van der Waals surface area contributed by atoms with Crippen molar-refractivity contribution in [3.8, 4) is 0 Å². The number of unbranched alkanes of at least 4 members (excludes halogenated alkanes) is 40. The van der Waals surface area contributed by atoms with E-state index < -0.39 is 0 Å². The van der Waals surface area contributed by atoms with E-state index in [9.17, 15) is 4.79 Å². The smallest absolute Gasteiger partial charge is 0.305 e. The van der Waals surface area contributed by atoms with Gasteiger partial charge < -0.3 is 9.84 Å². The van der Waals surface area contributed by atoms with Gasteiger partial charge in [-0.3, -0.25) is 4.79 Å². The summed E-state index contributed by atoms with van der Waals surface area (Å²) in [7, 11) is 0. The van der Waals surface area contributed by atoms with Gasteiger partial charge in [-0.25, -0.2) is 0 Å². The average molecular weight is 747 g/mol. The highest BCUT2D eigenvalue weighted by Crippen LogP contribution is 2.17. The number of hydrogen-bond donors (Lipinski definition) is 1. The van der Waals surface area contributed by atoms with Crippen LogP contribution in [0.1, 0.15) is 289 Å². The highest BCUT2D eigenvalue weighted by molar-refractivity contribution is 5.69. The van der Waals surface area contributed by atoms with Gasteiger partial charge in [0.05, 0.1) is 6.61 Å². The molecule has 0 unspecified atom stereocenters. The van der Waals surface area contributed by atoms with Crippen LogP contribution in [-0.4, -0.2) is 24.3 Å². The fourth-order valence-corrected chi connectivity index (χ4v) is 7.76. The number of rotatable bonds is 47. The van der Waals surface area contributed by atoms with Crippen LogP contribution in [0.5, 0.6) is 0 Å². The van der Waals surface area contributed by atoms with E-state index in [1.54, 1.807) is 0 Å². The number of aliphatic hydroxyl groups excluding tert-OH is 1. The summed E-state index contributed by atoms with van der Waals surface area (Å²) in [5.74, 6) is 0.0182. The molecule has 53 heavy (non-hydrogen) atoms. The Bertz CT molecular complexity index is 688. The summed E-state index contributed by atoms with van der Waals surface area (Å²) < 4.78 is 5.47. The first kappa shape index (κ1) is 52.2. The minimum Gasteiger partial charge on any atom is -0.466 e. The molecule has 0 rings (SSSR count). The zero-order valence-corrected chi connectivity index (χ0v) is 36.4. The first-order valence-corrected chi connectivity index (χ1v) is 24.7. The lowest BCUT2D eigenvalue weighted by Crippen LogP contribution is -2.05. The number of hydrogen-bond acceptors (Lipinski definition) is 3. The van der Waals surface area contributed by atoms with Crippen molar-refractivity contribution in [3.63, 3.8) is 0 Å². The summed E-state index contributed by atoms with van der Waals surface area (Å²) in [6.45, 7) is 3.27. The van der Waals surface area contributed by atoms with Crippen LogP contribution in [0.3, 0.4) is 0 Å². The van der Waals surface area contributed by atoms with Crippen molar-refractivity contribution in [3.05, 3.63) is 12.2 Å². The molecule has 0 aromatic rings. The van der Waals surface area contributed by atoms with Crippen LogP contribution in [0.2, 0.25) is 0 Å². The summed E-state index contributed by atoms with van der Waals surface area (Å²) in [6.07, 6.45) is 63.6. The second-order valence-corrected chi connectivity index (χ2v) is 16.9. The van der Waals surface area contributed by atoms with E-state index in [1.165, 1.54) is 250 Å². The van der Waals surface area contributed by atoms with Gasteiger partial charge >= 0.3 is 5.97 Å². The van der Waals surface area contributed by atoms with E-state index in [1.807, 2.05) is 0 Å². The van der Waals surface area contributed by atoms with E-state index in [-0.39, 0.29) is 5.97 Å². The molecule has 0 aliphatic rings. The number of esters is 1. The molecule has 3 heteroatoms. The molecule has 0 aromatic heterocycles. The maximum atomic E-state index is 12.0. The third-order valence-electron chi connectivity index (χ3n) is 11.5. The SMILES string of the molecule is CCCCCCCC/C=C\CCCCCCCC(=O)OCCCCCCCCCCCCCCCCCCCCCCCCCCCCCCCCO. The summed E-state index contributed by atoms with van der Waals surface area (Å²) in [5, 5.41) is 8.81. The van der Waals surface area contributed by atoms with E-state index in [0.717, 1.165) is 25.7 Å². The van der Waals surface area contributed by atoms with E-state index in [0.29, 0.717) is 19.6 Å². The van der Waals surface area contributed by atoms with Gasteiger partial charge in [0.2, 0.25) is 0 Å². The van der Waals surface area contributed by atoms with Gasteiger partial charge in [0.1, 0.15) is 0 Å². The quantitative estimate of drug-likeness (QED) is 0.0383. The largest absolute Gasteiger partial charge is 0.466 e. The fourth-order valence-electron chi connectivity index (χ4n) is 7.76. The van der Waals surface area contributed by atoms with Crippen LogP contribution in [0.4, 0.5) is 0 Å². The Balaban J connectivity index is 3.15. The normalized spacial score (nSPS) is 11.7. The topological polar surface area (TPSA) is 46.5 Å². The Labute approximate surface area is 334 Å². The number of aliphatic hydroxyl groups is 1. The molecule has 0 aliphatic heterocycles. The number of carbonyl (C=O) groups is 1. The van der Waals surface area contributed by atoms with E-state index in [2.05, 4.69) is 19.1 Å². The van der Waals surface area contributed by atoms with Crippen molar-refractivity contribution in [2.75, 3.05) is 13.2 Å². The van der Waals surface area contributed by atoms with Gasteiger partial charge in [0, 0.05) is 13.0 Å². The van der Waals surface area contributed by atoms with Crippen LogP contribution >= 0.6 is 0 Å². The van der Waals surface area contributed by atoms with Gasteiger partial charge in [-0.2, -0.15) is 0 Å². The molecule has 316 valence electrons. The van der Waals surface area contributed by atoms with Crippen LogP contribution in [0, 0.1) is 0 Å². The predicted molar refractivity (Wildman–Crippen MR) is 236 cm³/mol. The molecule has 0 aliphatic carbocycles. The molecule has 0 bridgehead atoms. The minimum atomic E-state index is 0.0182. The molecule has 0 spiro atoms. The summed E-state index contributed by atoms with van der Waals surface area (Å²) in [5.41, 5.74) is 0. The molecule has 0 fully saturated rings. The maximum absolute atomic E-state index is 12.0. The molecule has 3 nitrogen and oxygen atoms in total. The van der Waals surface area contributed by atoms with Gasteiger partial charge in [0.25, 0.3) is 0 Å². The first-order chi connectivity index (χ1) is 26.3. The standard InChI is InChI=1S/C50H98O3/c1-2-3-4-5-6-7-8-9-26-29-32-35-38-41-44-47-50(52)53-49-46-43-40-37-34-31-28-25-23-21-19-17-15-13-11-10-12-14-16-18-20-22-24-27-30-33-36-39-42-45-48-51/h9,26,51H,2-8,10-25,27-49H2,1H3/b26-9-. The molecular formula is C50H98O3. The Morgan fingerprint density at radius 2 is 0.623 bits per heavy atom. The molecule has 0 saturated heterocycles. The molecule has 0 saturated carbocycles. The van der Waals surface area contributed by atoms with Crippen molar-refractivity contribution in [1.29, 1.82) is 0 Å². The molecule has 1 N–H and O–H groups in total. The Kier molecular flexibility index (Phi) is 48.4. The zero-order chi connectivity index (χ0) is 38.2. The fraction of sp³-hybridized carbons (Fsp3) is 0.940. The van der Waals surface area contributed by atoms with Crippen molar-refractivity contribution in [1.82, 2.24) is 0 Å². The first-order valence-electron chi connectivity index (χ1n) is 24.7. The third-order valence-corrected chi connectivity index (χ3v) is 11.5. The van der Waals surface area contributed by atoms with E-state index in [4.69, 9.17) is 9.84 Å². The van der Waals surface area contributed by atoms with Crippen LogP contribution in [0.25, 0.3) is 0 Å². The summed E-state index contributed by atoms with van der Waals surface area (Å²) in [4.78, 5) is 12.0. The van der Waals surface area contributed by atoms with Gasteiger partial charge in [-0.1, -0.05) is 250 Å². The van der Waals surface area contributed by atoms with Crippen molar-refractivity contribution in [2.45, 2.75) is 289 Å². The lowest BCUT2D eigenvalue weighted by Gasteiger charge is -2.06. The van der Waals surface area contributed by atoms with Crippen LogP contribution in [0.15, 0.2) is 12.2 Å².